The summed E-state index contributed by atoms with van der Waals surface area (Å²) < 4.78 is 42.0. The summed E-state index contributed by atoms with van der Waals surface area (Å²) in [5.41, 5.74) is -0.541. The number of aromatic nitrogens is 5. The molecule has 3 heterocycles. The average molecular weight is 514 g/mol. The molecule has 3 aromatic heterocycles. The van der Waals surface area contributed by atoms with E-state index in [9.17, 15) is 18.0 Å². The minimum absolute atomic E-state index is 0.0849. The van der Waals surface area contributed by atoms with Gasteiger partial charge in [0.05, 0.1) is 10.2 Å². The molecule has 0 spiro atoms. The van der Waals surface area contributed by atoms with Gasteiger partial charge in [0, 0.05) is 18.8 Å². The Labute approximate surface area is 181 Å². The van der Waals surface area contributed by atoms with Crippen LogP contribution in [0.2, 0.25) is 10.2 Å². The molecular weight excluding hydrogens is 500 g/mol. The fourth-order valence-corrected chi connectivity index (χ4v) is 3.56. The maximum Gasteiger partial charge on any atom is 0.433 e. The van der Waals surface area contributed by atoms with Crippen LogP contribution in [0.1, 0.15) is 34.0 Å². The predicted molar refractivity (Wildman–Crippen MR) is 104 cm³/mol. The van der Waals surface area contributed by atoms with Crippen molar-refractivity contribution in [2.24, 2.45) is 0 Å². The molecule has 0 radical (unpaired) electrons. The van der Waals surface area contributed by atoms with Crippen LogP contribution in [-0.2, 0) is 12.7 Å². The lowest BCUT2D eigenvalue weighted by Crippen LogP contribution is -2.26. The van der Waals surface area contributed by atoms with Crippen molar-refractivity contribution in [2.45, 2.75) is 33.0 Å². The number of hydrogen-bond donors (Lipinski definition) is 1. The molecule has 3 aromatic rings. The summed E-state index contributed by atoms with van der Waals surface area (Å²) in [6.45, 7) is 3.78. The van der Waals surface area contributed by atoms with Crippen LogP contribution in [0, 0.1) is 13.8 Å². The van der Waals surface area contributed by atoms with Crippen molar-refractivity contribution in [3.05, 3.63) is 43.5 Å². The van der Waals surface area contributed by atoms with Crippen LogP contribution in [0.15, 0.2) is 10.5 Å². The first-order chi connectivity index (χ1) is 13.5. The van der Waals surface area contributed by atoms with Crippen LogP contribution in [-0.4, -0.2) is 36.8 Å². The van der Waals surface area contributed by atoms with E-state index in [0.29, 0.717) is 33.4 Å². The number of carbonyl (C=O) groups excluding carboxylic acids is 1. The second kappa shape index (κ2) is 8.11. The van der Waals surface area contributed by atoms with Gasteiger partial charge in [-0.05, 0) is 42.3 Å². The van der Waals surface area contributed by atoms with Crippen LogP contribution in [0.4, 0.5) is 13.2 Å². The van der Waals surface area contributed by atoms with Crippen LogP contribution >= 0.6 is 39.1 Å². The highest BCUT2D eigenvalue weighted by atomic mass is 79.9. The molecule has 7 nitrogen and oxygen atoms in total. The maximum atomic E-state index is 13.3. The topological polar surface area (TPSA) is 77.1 Å². The molecule has 156 valence electrons. The van der Waals surface area contributed by atoms with Crippen molar-refractivity contribution in [1.29, 1.82) is 0 Å². The molecule has 0 saturated heterocycles. The molecule has 0 atom stereocenters. The maximum absolute atomic E-state index is 13.3. The minimum atomic E-state index is -4.65. The summed E-state index contributed by atoms with van der Waals surface area (Å²) in [4.78, 5) is 16.5. The number of fused-ring (bicyclic) bond motifs is 1. The van der Waals surface area contributed by atoms with E-state index in [-0.39, 0.29) is 28.1 Å². The van der Waals surface area contributed by atoms with E-state index in [2.05, 4.69) is 36.4 Å². The number of hydrogen-bond acceptors (Lipinski definition) is 4. The third-order valence-corrected chi connectivity index (χ3v) is 5.66. The summed E-state index contributed by atoms with van der Waals surface area (Å²) in [6.07, 6.45) is -4.17. The van der Waals surface area contributed by atoms with Crippen LogP contribution in [0.5, 0.6) is 0 Å². The van der Waals surface area contributed by atoms with E-state index in [1.54, 1.807) is 6.92 Å². The molecule has 0 aliphatic rings. The van der Waals surface area contributed by atoms with E-state index in [1.165, 1.54) is 11.6 Å². The van der Waals surface area contributed by atoms with Gasteiger partial charge in [-0.3, -0.25) is 9.48 Å². The van der Waals surface area contributed by atoms with Crippen molar-refractivity contribution in [3.8, 4) is 0 Å². The molecule has 0 bridgehead atoms. The smallest absolute Gasteiger partial charge is 0.351 e. The van der Waals surface area contributed by atoms with E-state index in [0.717, 1.165) is 6.07 Å². The Morgan fingerprint density at radius 1 is 1.28 bits per heavy atom. The molecule has 0 fully saturated rings. The monoisotopic (exact) mass is 512 g/mol. The molecule has 0 aliphatic heterocycles. The average Bonchev–Trinajstić information content (AvgIpc) is 3.09. The molecule has 0 aromatic carbocycles. The van der Waals surface area contributed by atoms with E-state index in [1.807, 2.05) is 0 Å². The molecule has 0 saturated carbocycles. The Kier molecular flexibility index (Phi) is 6.11. The van der Waals surface area contributed by atoms with Gasteiger partial charge in [0.25, 0.3) is 5.91 Å². The lowest BCUT2D eigenvalue weighted by Gasteiger charge is -2.09. The molecule has 0 unspecified atom stereocenters. The molecule has 3 rings (SSSR count). The zero-order chi connectivity index (χ0) is 21.5. The second-order valence-corrected chi connectivity index (χ2v) is 7.73. The van der Waals surface area contributed by atoms with Crippen molar-refractivity contribution in [2.75, 3.05) is 6.54 Å². The number of alkyl halides is 3. The number of carbonyl (C=O) groups is 1. The Morgan fingerprint density at radius 2 is 1.97 bits per heavy atom. The van der Waals surface area contributed by atoms with Gasteiger partial charge >= 0.3 is 6.18 Å². The Balaban J connectivity index is 1.74. The highest BCUT2D eigenvalue weighted by Crippen LogP contribution is 2.32. The number of aryl methyl sites for hydroxylation is 3. The highest BCUT2D eigenvalue weighted by molar-refractivity contribution is 9.10. The predicted octanol–water partition coefficient (Wildman–Crippen LogP) is 4.45. The fraction of sp³-hybridized carbons (Fsp3) is 0.375. The van der Waals surface area contributed by atoms with Gasteiger partial charge in [-0.2, -0.15) is 23.4 Å². The van der Waals surface area contributed by atoms with E-state index >= 15 is 0 Å². The Hall–Kier alpha value is -1.85. The van der Waals surface area contributed by atoms with E-state index < -0.39 is 17.8 Å². The molecule has 1 amide bonds. The normalized spacial score (nSPS) is 12.0. The summed E-state index contributed by atoms with van der Waals surface area (Å²) in [6, 6.07) is 0.870. The van der Waals surface area contributed by atoms with Gasteiger partial charge in [-0.1, -0.05) is 23.2 Å². The third kappa shape index (κ3) is 4.36. The summed E-state index contributed by atoms with van der Waals surface area (Å²) >= 11 is 15.1. The van der Waals surface area contributed by atoms with Gasteiger partial charge in [-0.25, -0.2) is 9.50 Å². The molecule has 13 heteroatoms. The van der Waals surface area contributed by atoms with Crippen molar-refractivity contribution >= 4 is 50.7 Å². The van der Waals surface area contributed by atoms with Gasteiger partial charge in [0.15, 0.2) is 11.3 Å². The largest absolute Gasteiger partial charge is 0.433 e. The van der Waals surface area contributed by atoms with Crippen molar-refractivity contribution in [3.63, 3.8) is 0 Å². The fourth-order valence-electron chi connectivity index (χ4n) is 2.65. The lowest BCUT2D eigenvalue weighted by atomic mass is 10.3. The molecule has 0 aliphatic carbocycles. The van der Waals surface area contributed by atoms with Crippen LogP contribution < -0.4 is 5.32 Å². The van der Waals surface area contributed by atoms with Crippen molar-refractivity contribution in [1.82, 2.24) is 29.7 Å². The summed E-state index contributed by atoms with van der Waals surface area (Å²) in [5.74, 6) is -0.631. The zero-order valence-electron chi connectivity index (χ0n) is 15.1. The Bertz CT molecular complexity index is 1090. The lowest BCUT2D eigenvalue weighted by molar-refractivity contribution is -0.142. The molecular formula is C16H14BrCl2F3N6O. The number of rotatable bonds is 5. The summed E-state index contributed by atoms with van der Waals surface area (Å²) in [7, 11) is 0. The van der Waals surface area contributed by atoms with Crippen LogP contribution in [0.25, 0.3) is 5.65 Å². The first kappa shape index (κ1) is 21.8. The Morgan fingerprint density at radius 3 is 2.55 bits per heavy atom. The first-order valence-electron chi connectivity index (χ1n) is 8.30. The number of amides is 1. The van der Waals surface area contributed by atoms with Crippen molar-refractivity contribution < 1.29 is 18.0 Å². The molecule has 29 heavy (non-hydrogen) atoms. The first-order valence-corrected chi connectivity index (χ1v) is 9.85. The van der Waals surface area contributed by atoms with Gasteiger partial charge in [0.2, 0.25) is 0 Å². The highest BCUT2D eigenvalue weighted by Gasteiger charge is 2.36. The minimum Gasteiger partial charge on any atom is -0.351 e. The van der Waals surface area contributed by atoms with Crippen LogP contribution in [0.3, 0.4) is 0 Å². The summed E-state index contributed by atoms with van der Waals surface area (Å²) in [5, 5.41) is 11.3. The quantitative estimate of drug-likeness (QED) is 0.511. The standard InChI is InChI=1S/C16H14BrCl2F3N6O/c1-7-6-9(16(20,21)22)28-14(24-7)10(17)12(26-28)15(29)23-4-3-5-27-13(19)11(18)8(2)25-27/h6H,3-5H2,1-2H3,(H,23,29). The van der Waals surface area contributed by atoms with Gasteiger partial charge in [0.1, 0.15) is 15.9 Å². The molecule has 1 N–H and O–H groups in total. The zero-order valence-corrected chi connectivity index (χ0v) is 18.2. The van der Waals surface area contributed by atoms with E-state index in [4.69, 9.17) is 23.2 Å². The SMILES string of the molecule is Cc1cc(C(F)(F)F)n2nc(C(=O)NCCCn3nc(C)c(Cl)c3Cl)c(Br)c2n1. The third-order valence-electron chi connectivity index (χ3n) is 3.99. The second-order valence-electron chi connectivity index (χ2n) is 6.20. The van der Waals surface area contributed by atoms with Gasteiger partial charge < -0.3 is 5.32 Å². The van der Waals surface area contributed by atoms with Gasteiger partial charge in [-0.15, -0.1) is 0 Å². The number of nitrogens with one attached hydrogen (secondary N) is 1. The number of nitrogens with zero attached hydrogens (tertiary/aromatic N) is 5. The number of halogens is 6.